The number of nitriles is 1. The molecule has 1 aromatic carbocycles. The maximum absolute atomic E-state index is 8.75. The Bertz CT molecular complexity index is 570. The summed E-state index contributed by atoms with van der Waals surface area (Å²) in [6, 6.07) is 14.2. The van der Waals surface area contributed by atoms with Crippen molar-refractivity contribution in [3.63, 3.8) is 0 Å². The van der Waals surface area contributed by atoms with Crippen molar-refractivity contribution < 1.29 is 0 Å². The van der Waals surface area contributed by atoms with Crippen molar-refractivity contribution in [2.45, 2.75) is 11.4 Å². The van der Waals surface area contributed by atoms with Gasteiger partial charge in [-0.3, -0.25) is 0 Å². The lowest BCUT2D eigenvalue weighted by Gasteiger charge is -2.18. The molecule has 1 aromatic heterocycles. The van der Waals surface area contributed by atoms with Gasteiger partial charge in [0, 0.05) is 24.7 Å². The van der Waals surface area contributed by atoms with Crippen molar-refractivity contribution in [1.29, 1.82) is 5.26 Å². The molecule has 4 heteroatoms. The summed E-state index contributed by atoms with van der Waals surface area (Å²) >= 11 is 1.74. The van der Waals surface area contributed by atoms with Gasteiger partial charge < -0.3 is 4.90 Å². The molecule has 3 nitrogen and oxygen atoms in total. The zero-order valence-electron chi connectivity index (χ0n) is 11.0. The molecular formula is C15H15N3S. The molecule has 0 aliphatic carbocycles. The third-order valence-corrected chi connectivity index (χ3v) is 3.59. The summed E-state index contributed by atoms with van der Waals surface area (Å²) in [5.74, 6) is 0.868. The van der Waals surface area contributed by atoms with E-state index in [4.69, 9.17) is 5.26 Å². The fourth-order valence-electron chi connectivity index (χ4n) is 1.76. The molecule has 0 N–H and O–H groups in total. The largest absolute Gasteiger partial charge is 0.355 e. The number of anilines is 1. The molecule has 2 aromatic rings. The fourth-order valence-corrected chi connectivity index (χ4v) is 2.17. The van der Waals surface area contributed by atoms with Crippen LogP contribution in [-0.4, -0.2) is 18.3 Å². The van der Waals surface area contributed by atoms with Crippen LogP contribution in [0.4, 0.5) is 5.82 Å². The topological polar surface area (TPSA) is 39.9 Å². The van der Waals surface area contributed by atoms with Crippen LogP contribution in [0.5, 0.6) is 0 Å². The highest BCUT2D eigenvalue weighted by Crippen LogP contribution is 2.17. The van der Waals surface area contributed by atoms with E-state index in [1.807, 2.05) is 13.1 Å². The van der Waals surface area contributed by atoms with E-state index in [1.54, 1.807) is 24.0 Å². The van der Waals surface area contributed by atoms with Gasteiger partial charge in [-0.05, 0) is 36.1 Å². The number of thioether (sulfide) groups is 1. The predicted molar refractivity (Wildman–Crippen MR) is 79.3 cm³/mol. The van der Waals surface area contributed by atoms with E-state index < -0.39 is 0 Å². The highest BCUT2D eigenvalue weighted by atomic mass is 32.2. The maximum Gasteiger partial charge on any atom is 0.128 e. The third-order valence-electron chi connectivity index (χ3n) is 2.85. The number of hydrogen-bond donors (Lipinski definition) is 0. The highest BCUT2D eigenvalue weighted by molar-refractivity contribution is 7.98. The molecule has 0 bridgehead atoms. The second kappa shape index (κ2) is 6.26. The smallest absolute Gasteiger partial charge is 0.128 e. The van der Waals surface area contributed by atoms with Crippen LogP contribution in [0.1, 0.15) is 11.1 Å². The molecule has 0 atom stereocenters. The molecule has 2 rings (SSSR count). The lowest BCUT2D eigenvalue weighted by atomic mass is 10.2. The predicted octanol–water partition coefficient (Wildman–Crippen LogP) is 3.31. The van der Waals surface area contributed by atoms with E-state index in [-0.39, 0.29) is 0 Å². The van der Waals surface area contributed by atoms with Crippen LogP contribution in [-0.2, 0) is 6.54 Å². The molecule has 96 valence electrons. The molecule has 0 unspecified atom stereocenters. The van der Waals surface area contributed by atoms with E-state index in [1.165, 1.54) is 10.5 Å². The summed E-state index contributed by atoms with van der Waals surface area (Å²) in [5, 5.41) is 8.75. The Morgan fingerprint density at radius 1 is 1.21 bits per heavy atom. The van der Waals surface area contributed by atoms with Crippen LogP contribution in [0, 0.1) is 11.3 Å². The van der Waals surface area contributed by atoms with Gasteiger partial charge in [0.25, 0.3) is 0 Å². The van der Waals surface area contributed by atoms with Crippen LogP contribution in [0.15, 0.2) is 47.5 Å². The normalized spacial score (nSPS) is 9.95. The molecule has 0 aliphatic heterocycles. The van der Waals surface area contributed by atoms with Gasteiger partial charge in [-0.15, -0.1) is 11.8 Å². The minimum atomic E-state index is 0.585. The van der Waals surface area contributed by atoms with Gasteiger partial charge in [-0.1, -0.05) is 12.1 Å². The summed E-state index contributed by atoms with van der Waals surface area (Å²) in [6.45, 7) is 0.799. The van der Waals surface area contributed by atoms with E-state index in [0.29, 0.717) is 5.56 Å². The first kappa shape index (κ1) is 13.4. The van der Waals surface area contributed by atoms with Crippen LogP contribution in [0.3, 0.4) is 0 Å². The number of nitrogens with zero attached hydrogens (tertiary/aromatic N) is 3. The quantitative estimate of drug-likeness (QED) is 0.798. The van der Waals surface area contributed by atoms with Crippen molar-refractivity contribution in [3.05, 3.63) is 53.7 Å². The molecule has 0 saturated heterocycles. The van der Waals surface area contributed by atoms with Crippen LogP contribution in [0.2, 0.25) is 0 Å². The van der Waals surface area contributed by atoms with E-state index in [0.717, 1.165) is 12.4 Å². The zero-order chi connectivity index (χ0) is 13.7. The van der Waals surface area contributed by atoms with Crippen LogP contribution in [0.25, 0.3) is 0 Å². The Kier molecular flexibility index (Phi) is 4.43. The van der Waals surface area contributed by atoms with Crippen molar-refractivity contribution in [2.75, 3.05) is 18.2 Å². The summed E-state index contributed by atoms with van der Waals surface area (Å²) in [5.41, 5.74) is 1.83. The molecule has 0 amide bonds. The molecule has 19 heavy (non-hydrogen) atoms. The monoisotopic (exact) mass is 269 g/mol. The lowest BCUT2D eigenvalue weighted by molar-refractivity contribution is 0.896. The van der Waals surface area contributed by atoms with Crippen LogP contribution >= 0.6 is 11.8 Å². The van der Waals surface area contributed by atoms with Crippen molar-refractivity contribution in [3.8, 4) is 6.07 Å². The van der Waals surface area contributed by atoms with E-state index in [9.17, 15) is 0 Å². The number of rotatable bonds is 4. The fraction of sp³-hybridized carbons (Fsp3) is 0.200. The summed E-state index contributed by atoms with van der Waals surface area (Å²) in [4.78, 5) is 7.61. The van der Waals surface area contributed by atoms with Gasteiger partial charge in [-0.25, -0.2) is 4.98 Å². The summed E-state index contributed by atoms with van der Waals surface area (Å²) in [7, 11) is 2.00. The average molecular weight is 269 g/mol. The molecule has 1 heterocycles. The molecule has 0 fully saturated rings. The highest BCUT2D eigenvalue weighted by Gasteiger charge is 2.03. The first-order chi connectivity index (χ1) is 9.22. The Morgan fingerprint density at radius 3 is 2.47 bits per heavy atom. The first-order valence-electron chi connectivity index (χ1n) is 5.93. The van der Waals surface area contributed by atoms with Crippen molar-refractivity contribution in [2.24, 2.45) is 0 Å². The van der Waals surface area contributed by atoms with E-state index >= 15 is 0 Å². The van der Waals surface area contributed by atoms with Crippen molar-refractivity contribution in [1.82, 2.24) is 4.98 Å². The number of pyridine rings is 1. The minimum absolute atomic E-state index is 0.585. The van der Waals surface area contributed by atoms with Gasteiger partial charge in [0.15, 0.2) is 0 Å². The average Bonchev–Trinajstić information content (AvgIpc) is 2.48. The number of benzene rings is 1. The van der Waals surface area contributed by atoms with Gasteiger partial charge in [0.1, 0.15) is 11.9 Å². The second-order valence-electron chi connectivity index (χ2n) is 4.22. The molecular weight excluding hydrogens is 254 g/mol. The number of aromatic nitrogens is 1. The molecule has 0 aliphatic rings. The second-order valence-corrected chi connectivity index (χ2v) is 5.10. The maximum atomic E-state index is 8.75. The van der Waals surface area contributed by atoms with Crippen molar-refractivity contribution >= 4 is 17.6 Å². The molecule has 0 spiro atoms. The Balaban J connectivity index is 2.06. The number of hydrogen-bond acceptors (Lipinski definition) is 4. The first-order valence-corrected chi connectivity index (χ1v) is 7.15. The van der Waals surface area contributed by atoms with Crippen LogP contribution < -0.4 is 4.90 Å². The summed E-state index contributed by atoms with van der Waals surface area (Å²) in [6.07, 6.45) is 3.67. The van der Waals surface area contributed by atoms with Gasteiger partial charge >= 0.3 is 0 Å². The Morgan fingerprint density at radius 2 is 1.95 bits per heavy atom. The van der Waals surface area contributed by atoms with Gasteiger partial charge in [-0.2, -0.15) is 5.26 Å². The minimum Gasteiger partial charge on any atom is -0.355 e. The third kappa shape index (κ3) is 3.49. The van der Waals surface area contributed by atoms with E-state index in [2.05, 4.69) is 46.5 Å². The molecule has 0 radical (unpaired) electrons. The van der Waals surface area contributed by atoms with Gasteiger partial charge in [0.05, 0.1) is 5.56 Å². The lowest BCUT2D eigenvalue weighted by Crippen LogP contribution is -2.17. The Labute approximate surface area is 117 Å². The molecule has 0 saturated carbocycles. The van der Waals surface area contributed by atoms with Gasteiger partial charge in [0.2, 0.25) is 0 Å². The standard InChI is InChI=1S/C15H15N3S/c1-18(15-8-5-13(9-16)10-17-15)11-12-3-6-14(19-2)7-4-12/h3-8,10H,11H2,1-2H3. The summed E-state index contributed by atoms with van der Waals surface area (Å²) < 4.78 is 0. The SMILES string of the molecule is CSc1ccc(CN(C)c2ccc(C#N)cn2)cc1. The Hall–Kier alpha value is -1.99. The zero-order valence-corrected chi connectivity index (χ0v) is 11.8.